The average molecular weight is 419 g/mol. The van der Waals surface area contributed by atoms with Crippen LogP contribution in [0.25, 0.3) is 5.65 Å². The van der Waals surface area contributed by atoms with Gasteiger partial charge in [0.15, 0.2) is 5.65 Å². The van der Waals surface area contributed by atoms with Gasteiger partial charge in [-0.25, -0.2) is 9.50 Å². The first-order valence-electron chi connectivity index (χ1n) is 9.93. The molecule has 1 amide bonds. The molecule has 0 atom stereocenters. The number of carbonyl (C=O) groups is 1. The second kappa shape index (κ2) is 8.67. The molecule has 0 saturated heterocycles. The SMILES string of the molecule is Cc1nc2c(C(=O)NCCc3ccccc3)cnn2c(C)c1Cc1ccc(Cl)cc1. The van der Waals surface area contributed by atoms with Crippen molar-refractivity contribution in [1.82, 2.24) is 19.9 Å². The number of halogens is 1. The summed E-state index contributed by atoms with van der Waals surface area (Å²) in [5.41, 5.74) is 6.40. The highest BCUT2D eigenvalue weighted by molar-refractivity contribution is 6.30. The molecule has 2 aromatic carbocycles. The Morgan fingerprint density at radius 3 is 2.50 bits per heavy atom. The summed E-state index contributed by atoms with van der Waals surface area (Å²) < 4.78 is 1.75. The van der Waals surface area contributed by atoms with Gasteiger partial charge in [-0.15, -0.1) is 0 Å². The van der Waals surface area contributed by atoms with E-state index >= 15 is 0 Å². The normalized spacial score (nSPS) is 11.0. The molecule has 0 aliphatic rings. The van der Waals surface area contributed by atoms with E-state index in [9.17, 15) is 4.79 Å². The zero-order chi connectivity index (χ0) is 21.1. The number of hydrogen-bond acceptors (Lipinski definition) is 3. The molecule has 5 nitrogen and oxygen atoms in total. The lowest BCUT2D eigenvalue weighted by atomic mass is 10.0. The van der Waals surface area contributed by atoms with Crippen molar-refractivity contribution >= 4 is 23.2 Å². The maximum absolute atomic E-state index is 12.7. The molecule has 0 saturated carbocycles. The van der Waals surface area contributed by atoms with Gasteiger partial charge in [0, 0.05) is 29.4 Å². The molecule has 4 rings (SSSR count). The fourth-order valence-electron chi connectivity index (χ4n) is 3.59. The molecule has 0 spiro atoms. The predicted octanol–water partition coefficient (Wildman–Crippen LogP) is 4.56. The highest BCUT2D eigenvalue weighted by Crippen LogP contribution is 2.21. The molecule has 2 aromatic heterocycles. The van der Waals surface area contributed by atoms with Crippen LogP contribution in [0, 0.1) is 13.8 Å². The van der Waals surface area contributed by atoms with Gasteiger partial charge >= 0.3 is 0 Å². The van der Waals surface area contributed by atoms with E-state index in [1.807, 2.05) is 56.3 Å². The molecule has 2 heterocycles. The molecule has 1 N–H and O–H groups in total. The standard InChI is InChI=1S/C24H23ClN4O/c1-16-21(14-19-8-10-20(25)11-9-19)17(2)29-23(28-16)22(15-27-29)24(30)26-13-12-18-6-4-3-5-7-18/h3-11,15H,12-14H2,1-2H3,(H,26,30). The minimum Gasteiger partial charge on any atom is -0.352 e. The molecule has 6 heteroatoms. The van der Waals surface area contributed by atoms with Crippen molar-refractivity contribution in [2.24, 2.45) is 0 Å². The number of aromatic nitrogens is 3. The lowest BCUT2D eigenvalue weighted by molar-refractivity contribution is 0.0955. The van der Waals surface area contributed by atoms with Gasteiger partial charge in [0.05, 0.1) is 6.20 Å². The molecule has 30 heavy (non-hydrogen) atoms. The Kier molecular flexibility index (Phi) is 5.81. The minimum atomic E-state index is -0.155. The third-order valence-corrected chi connectivity index (χ3v) is 5.54. The Bertz CT molecular complexity index is 1180. The number of amides is 1. The van der Waals surface area contributed by atoms with Crippen LogP contribution in [0.2, 0.25) is 5.02 Å². The van der Waals surface area contributed by atoms with Gasteiger partial charge in [-0.1, -0.05) is 54.1 Å². The third kappa shape index (κ3) is 4.21. The fraction of sp³-hybridized carbons (Fsp3) is 0.208. The molecule has 0 bridgehead atoms. The molecule has 0 aliphatic heterocycles. The van der Waals surface area contributed by atoms with Gasteiger partial charge in [0.1, 0.15) is 5.56 Å². The first-order valence-corrected chi connectivity index (χ1v) is 10.3. The third-order valence-electron chi connectivity index (χ3n) is 5.29. The van der Waals surface area contributed by atoms with Gasteiger partial charge in [-0.05, 0) is 49.1 Å². The molecule has 0 fully saturated rings. The Hall–Kier alpha value is -3.18. The van der Waals surface area contributed by atoms with Crippen molar-refractivity contribution < 1.29 is 4.79 Å². The molecule has 152 valence electrons. The van der Waals surface area contributed by atoms with Crippen LogP contribution in [-0.4, -0.2) is 27.0 Å². The van der Waals surface area contributed by atoms with Crippen molar-refractivity contribution in [1.29, 1.82) is 0 Å². The highest BCUT2D eigenvalue weighted by atomic mass is 35.5. The quantitative estimate of drug-likeness (QED) is 0.499. The van der Waals surface area contributed by atoms with Gasteiger partial charge < -0.3 is 5.32 Å². The molecule has 0 unspecified atom stereocenters. The molecule has 0 aliphatic carbocycles. The summed E-state index contributed by atoms with van der Waals surface area (Å²) in [6.07, 6.45) is 3.11. The van der Waals surface area contributed by atoms with Gasteiger partial charge in [-0.2, -0.15) is 5.10 Å². The molecule has 4 aromatic rings. The van der Waals surface area contributed by atoms with Crippen LogP contribution in [-0.2, 0) is 12.8 Å². The number of carbonyl (C=O) groups excluding carboxylic acids is 1. The van der Waals surface area contributed by atoms with Crippen LogP contribution >= 0.6 is 11.6 Å². The van der Waals surface area contributed by atoms with E-state index in [0.717, 1.165) is 40.4 Å². The maximum atomic E-state index is 12.7. The summed E-state index contributed by atoms with van der Waals surface area (Å²) in [7, 11) is 0. The topological polar surface area (TPSA) is 59.3 Å². The Balaban J connectivity index is 1.54. The first-order chi connectivity index (χ1) is 14.5. The van der Waals surface area contributed by atoms with E-state index in [4.69, 9.17) is 16.6 Å². The smallest absolute Gasteiger partial charge is 0.256 e. The molecular formula is C24H23ClN4O. The number of nitrogens with zero attached hydrogens (tertiary/aromatic N) is 3. The molecular weight excluding hydrogens is 396 g/mol. The second-order valence-corrected chi connectivity index (χ2v) is 7.79. The van der Waals surface area contributed by atoms with E-state index in [-0.39, 0.29) is 5.91 Å². The van der Waals surface area contributed by atoms with Crippen LogP contribution in [0.15, 0.2) is 60.8 Å². The van der Waals surface area contributed by atoms with E-state index in [0.29, 0.717) is 17.8 Å². The van der Waals surface area contributed by atoms with E-state index in [1.54, 1.807) is 10.7 Å². The number of fused-ring (bicyclic) bond motifs is 1. The van der Waals surface area contributed by atoms with Crippen molar-refractivity contribution in [2.45, 2.75) is 26.7 Å². The zero-order valence-electron chi connectivity index (χ0n) is 17.0. The van der Waals surface area contributed by atoms with E-state index in [2.05, 4.69) is 22.5 Å². The fourth-order valence-corrected chi connectivity index (χ4v) is 3.72. The van der Waals surface area contributed by atoms with Gasteiger partial charge in [0.2, 0.25) is 0 Å². The predicted molar refractivity (Wildman–Crippen MR) is 119 cm³/mol. The summed E-state index contributed by atoms with van der Waals surface area (Å²) in [5, 5.41) is 8.13. The van der Waals surface area contributed by atoms with Crippen LogP contribution in [0.5, 0.6) is 0 Å². The maximum Gasteiger partial charge on any atom is 0.256 e. The van der Waals surface area contributed by atoms with Crippen molar-refractivity contribution in [3.8, 4) is 0 Å². The number of hydrogen-bond donors (Lipinski definition) is 1. The minimum absolute atomic E-state index is 0.155. The van der Waals surface area contributed by atoms with Crippen molar-refractivity contribution in [3.05, 3.63) is 99.5 Å². The van der Waals surface area contributed by atoms with Crippen LogP contribution in [0.4, 0.5) is 0 Å². The zero-order valence-corrected chi connectivity index (χ0v) is 17.8. The lowest BCUT2D eigenvalue weighted by Gasteiger charge is -2.12. The van der Waals surface area contributed by atoms with Gasteiger partial charge in [-0.3, -0.25) is 4.79 Å². The highest BCUT2D eigenvalue weighted by Gasteiger charge is 2.18. The second-order valence-electron chi connectivity index (χ2n) is 7.35. The Labute approximate surface area is 180 Å². The van der Waals surface area contributed by atoms with Crippen LogP contribution in [0.1, 0.15) is 38.4 Å². The number of nitrogens with one attached hydrogen (secondary N) is 1. The van der Waals surface area contributed by atoms with Crippen LogP contribution < -0.4 is 5.32 Å². The van der Waals surface area contributed by atoms with E-state index < -0.39 is 0 Å². The van der Waals surface area contributed by atoms with E-state index in [1.165, 1.54) is 5.56 Å². The van der Waals surface area contributed by atoms with Crippen molar-refractivity contribution in [2.75, 3.05) is 6.54 Å². The van der Waals surface area contributed by atoms with Crippen molar-refractivity contribution in [3.63, 3.8) is 0 Å². The number of benzene rings is 2. The summed E-state index contributed by atoms with van der Waals surface area (Å²) in [6.45, 7) is 4.55. The van der Waals surface area contributed by atoms with Crippen LogP contribution in [0.3, 0.4) is 0 Å². The summed E-state index contributed by atoms with van der Waals surface area (Å²) >= 11 is 5.99. The largest absolute Gasteiger partial charge is 0.352 e. The molecule has 0 radical (unpaired) electrons. The summed E-state index contributed by atoms with van der Waals surface area (Å²) in [5.74, 6) is -0.155. The Morgan fingerprint density at radius 1 is 1.03 bits per heavy atom. The monoisotopic (exact) mass is 418 g/mol. The number of aryl methyl sites for hydroxylation is 2. The summed E-state index contributed by atoms with van der Waals surface area (Å²) in [6, 6.07) is 17.9. The average Bonchev–Trinajstić information content (AvgIpc) is 3.17. The lowest BCUT2D eigenvalue weighted by Crippen LogP contribution is -2.25. The Morgan fingerprint density at radius 2 is 1.77 bits per heavy atom. The number of rotatable bonds is 6. The van der Waals surface area contributed by atoms with Gasteiger partial charge in [0.25, 0.3) is 5.91 Å². The summed E-state index contributed by atoms with van der Waals surface area (Å²) in [4.78, 5) is 17.4. The first kappa shape index (κ1) is 20.1.